The van der Waals surface area contributed by atoms with Crippen molar-refractivity contribution >= 4 is 11.6 Å². The van der Waals surface area contributed by atoms with Gasteiger partial charge in [0.15, 0.2) is 5.69 Å². The molecule has 2 aromatic heterocycles. The first kappa shape index (κ1) is 15.5. The fourth-order valence-electron chi connectivity index (χ4n) is 1.46. The highest BCUT2D eigenvalue weighted by atomic mass is 35.5. The molecule has 0 unspecified atom stereocenters. The molecule has 0 fully saturated rings. The highest BCUT2D eigenvalue weighted by Crippen LogP contribution is 2.32. The Morgan fingerprint density at radius 2 is 1.57 bits per heavy atom. The van der Waals surface area contributed by atoms with Crippen molar-refractivity contribution in [3.05, 3.63) is 35.7 Å². The molecule has 4 nitrogen and oxygen atoms in total. The van der Waals surface area contributed by atoms with Gasteiger partial charge in [-0.3, -0.25) is 0 Å². The second-order valence-corrected chi connectivity index (χ2v) is 4.11. The maximum absolute atomic E-state index is 12.7. The van der Waals surface area contributed by atoms with Crippen LogP contribution in [0.25, 0.3) is 5.69 Å². The molecule has 0 aromatic carbocycles. The van der Waals surface area contributed by atoms with Crippen molar-refractivity contribution < 1.29 is 26.3 Å². The van der Waals surface area contributed by atoms with Gasteiger partial charge in [-0.15, -0.1) is 11.6 Å². The Balaban J connectivity index is 2.41. The number of hydrogen-bond donors (Lipinski definition) is 0. The van der Waals surface area contributed by atoms with E-state index in [0.717, 1.165) is 23.3 Å². The summed E-state index contributed by atoms with van der Waals surface area (Å²) in [5.41, 5.74) is -1.66. The summed E-state index contributed by atoms with van der Waals surface area (Å²) in [6.45, 7) is 0. The van der Waals surface area contributed by atoms with Crippen LogP contribution in [0.1, 0.15) is 17.1 Å². The fourth-order valence-corrected chi connectivity index (χ4v) is 1.66. The number of halogens is 7. The first-order chi connectivity index (χ1) is 9.63. The van der Waals surface area contributed by atoms with Crippen LogP contribution < -0.4 is 0 Å². The summed E-state index contributed by atoms with van der Waals surface area (Å²) in [5, 5.41) is 3.26. The summed E-state index contributed by atoms with van der Waals surface area (Å²) < 4.78 is 75.6. The largest absolute Gasteiger partial charge is 0.451 e. The maximum Gasteiger partial charge on any atom is 0.451 e. The van der Waals surface area contributed by atoms with Crippen LogP contribution in [0.3, 0.4) is 0 Å². The zero-order valence-corrected chi connectivity index (χ0v) is 10.6. The van der Waals surface area contributed by atoms with Crippen LogP contribution in [0.15, 0.2) is 18.6 Å². The normalized spacial score (nSPS) is 12.7. The summed E-state index contributed by atoms with van der Waals surface area (Å²) in [5.74, 6) is -1.84. The van der Waals surface area contributed by atoms with Crippen LogP contribution >= 0.6 is 11.6 Å². The quantitative estimate of drug-likeness (QED) is 0.626. The van der Waals surface area contributed by atoms with Crippen molar-refractivity contribution in [1.82, 2.24) is 19.7 Å². The zero-order valence-electron chi connectivity index (χ0n) is 9.87. The second kappa shape index (κ2) is 5.17. The molecule has 0 saturated carbocycles. The Hall–Kier alpha value is -1.84. The van der Waals surface area contributed by atoms with Gasteiger partial charge in [0.25, 0.3) is 0 Å². The molecule has 2 heterocycles. The van der Waals surface area contributed by atoms with E-state index in [4.69, 9.17) is 11.6 Å². The van der Waals surface area contributed by atoms with Crippen molar-refractivity contribution in [3.63, 3.8) is 0 Å². The Kier molecular flexibility index (Phi) is 3.83. The second-order valence-electron chi connectivity index (χ2n) is 3.84. The van der Waals surface area contributed by atoms with Gasteiger partial charge in [-0.25, -0.2) is 14.6 Å². The summed E-state index contributed by atoms with van der Waals surface area (Å²) in [7, 11) is 0. The minimum Gasteiger partial charge on any atom is -0.237 e. The van der Waals surface area contributed by atoms with Gasteiger partial charge in [-0.1, -0.05) is 0 Å². The van der Waals surface area contributed by atoms with E-state index in [-0.39, 0.29) is 11.3 Å². The van der Waals surface area contributed by atoms with Crippen molar-refractivity contribution in [1.29, 1.82) is 0 Å². The van der Waals surface area contributed by atoms with Crippen LogP contribution in [-0.2, 0) is 18.2 Å². The Bertz CT molecular complexity index is 630. The molecule has 0 amide bonds. The van der Waals surface area contributed by atoms with Crippen LogP contribution in [0, 0.1) is 0 Å². The van der Waals surface area contributed by atoms with E-state index >= 15 is 0 Å². The molecule has 0 N–H and O–H groups in total. The third-order valence-corrected chi connectivity index (χ3v) is 2.65. The topological polar surface area (TPSA) is 43.6 Å². The molecule has 0 aliphatic rings. The van der Waals surface area contributed by atoms with E-state index in [9.17, 15) is 26.3 Å². The average Bonchev–Trinajstić information content (AvgIpc) is 2.82. The number of aromatic nitrogens is 4. The van der Waals surface area contributed by atoms with Gasteiger partial charge in [0.05, 0.1) is 18.3 Å². The molecule has 21 heavy (non-hydrogen) atoms. The standard InChI is InChI=1S/C10H5ClF6N4/c11-1-5-4-21(20-7(5)9(12,13)14)6-2-18-8(19-3-6)10(15,16)17/h2-4H,1H2. The molecular formula is C10H5ClF6N4. The molecule has 0 atom stereocenters. The van der Waals surface area contributed by atoms with E-state index in [1.54, 1.807) is 0 Å². The van der Waals surface area contributed by atoms with Crippen LogP contribution in [0.4, 0.5) is 26.3 Å². The van der Waals surface area contributed by atoms with E-state index in [1.165, 1.54) is 0 Å². The van der Waals surface area contributed by atoms with Crippen molar-refractivity contribution in [2.24, 2.45) is 0 Å². The third kappa shape index (κ3) is 3.26. The molecule has 114 valence electrons. The Morgan fingerprint density at radius 3 is 1.95 bits per heavy atom. The first-order valence-corrected chi connectivity index (χ1v) is 5.77. The third-order valence-electron chi connectivity index (χ3n) is 2.36. The van der Waals surface area contributed by atoms with E-state index in [1.807, 2.05) is 0 Å². The van der Waals surface area contributed by atoms with Gasteiger partial charge in [0.1, 0.15) is 5.69 Å². The van der Waals surface area contributed by atoms with Crippen LogP contribution in [0.2, 0.25) is 0 Å². The van der Waals surface area contributed by atoms with Gasteiger partial charge in [-0.2, -0.15) is 31.4 Å². The lowest BCUT2D eigenvalue weighted by Gasteiger charge is -2.05. The van der Waals surface area contributed by atoms with Crippen molar-refractivity contribution in [2.45, 2.75) is 18.2 Å². The lowest BCUT2D eigenvalue weighted by atomic mass is 10.3. The molecule has 0 saturated heterocycles. The van der Waals surface area contributed by atoms with Gasteiger partial charge < -0.3 is 0 Å². The molecule has 0 bridgehead atoms. The number of hydrogen-bond acceptors (Lipinski definition) is 3. The molecule has 11 heteroatoms. The Morgan fingerprint density at radius 1 is 1.00 bits per heavy atom. The summed E-state index contributed by atoms with van der Waals surface area (Å²) >= 11 is 5.39. The van der Waals surface area contributed by atoms with Crippen LogP contribution in [0.5, 0.6) is 0 Å². The first-order valence-electron chi connectivity index (χ1n) is 5.24. The lowest BCUT2D eigenvalue weighted by Crippen LogP contribution is -2.12. The minimum atomic E-state index is -4.74. The summed E-state index contributed by atoms with van der Waals surface area (Å²) in [6, 6.07) is 0. The monoisotopic (exact) mass is 330 g/mol. The molecule has 0 aliphatic heterocycles. The zero-order chi connectivity index (χ0) is 15.8. The average molecular weight is 331 g/mol. The lowest BCUT2D eigenvalue weighted by molar-refractivity contribution is -0.145. The SMILES string of the molecule is FC(F)(F)c1ncc(-n2cc(CCl)c(C(F)(F)F)n2)cn1. The van der Waals surface area contributed by atoms with E-state index in [0.29, 0.717) is 0 Å². The van der Waals surface area contributed by atoms with Crippen molar-refractivity contribution in [3.8, 4) is 5.69 Å². The smallest absolute Gasteiger partial charge is 0.237 e. The molecular weight excluding hydrogens is 326 g/mol. The Labute approximate surface area is 118 Å². The van der Waals surface area contributed by atoms with Crippen molar-refractivity contribution in [2.75, 3.05) is 0 Å². The minimum absolute atomic E-state index is 0.148. The highest BCUT2D eigenvalue weighted by molar-refractivity contribution is 6.17. The molecule has 0 radical (unpaired) electrons. The number of rotatable bonds is 2. The van der Waals surface area contributed by atoms with Gasteiger partial charge in [-0.05, 0) is 0 Å². The van der Waals surface area contributed by atoms with Gasteiger partial charge in [0, 0.05) is 11.8 Å². The molecule has 0 spiro atoms. The van der Waals surface area contributed by atoms with Gasteiger partial charge >= 0.3 is 12.4 Å². The van der Waals surface area contributed by atoms with Gasteiger partial charge in [0.2, 0.25) is 5.82 Å². The molecule has 2 aromatic rings. The predicted octanol–water partition coefficient (Wildman–Crippen LogP) is 3.44. The van der Waals surface area contributed by atoms with E-state index < -0.39 is 29.8 Å². The summed E-state index contributed by atoms with van der Waals surface area (Å²) in [6.07, 6.45) is -7.05. The summed E-state index contributed by atoms with van der Waals surface area (Å²) in [4.78, 5) is 6.08. The predicted molar refractivity (Wildman–Crippen MR) is 58.7 cm³/mol. The molecule has 0 aliphatic carbocycles. The maximum atomic E-state index is 12.7. The van der Waals surface area contributed by atoms with E-state index in [2.05, 4.69) is 15.1 Å². The number of nitrogens with zero attached hydrogens (tertiary/aromatic N) is 4. The fraction of sp³-hybridized carbons (Fsp3) is 0.300. The van der Waals surface area contributed by atoms with Crippen LogP contribution in [-0.4, -0.2) is 19.7 Å². The number of alkyl halides is 7. The highest BCUT2D eigenvalue weighted by Gasteiger charge is 2.37. The molecule has 2 rings (SSSR count).